The predicted molar refractivity (Wildman–Crippen MR) is 84.7 cm³/mol. The van der Waals surface area contributed by atoms with Crippen LogP contribution in [0.15, 0.2) is 30.7 Å². The molecular formula is C15H15N5O2. The molecule has 7 nitrogen and oxygen atoms in total. The molecule has 0 aliphatic rings. The van der Waals surface area contributed by atoms with Crippen LogP contribution in [-0.2, 0) is 7.05 Å². The summed E-state index contributed by atoms with van der Waals surface area (Å²) in [6.07, 6.45) is 2.30. The molecule has 2 heterocycles. The highest BCUT2D eigenvalue weighted by Gasteiger charge is 2.15. The zero-order chi connectivity index (χ0) is 15.9. The number of nitrogen functional groups attached to an aromatic ring is 1. The van der Waals surface area contributed by atoms with Crippen LogP contribution in [0.5, 0.6) is 0 Å². The molecule has 1 amide bonds. The first-order valence-corrected chi connectivity index (χ1v) is 6.64. The highest BCUT2D eigenvalue weighted by molar-refractivity contribution is 6.01. The van der Waals surface area contributed by atoms with Gasteiger partial charge in [0.05, 0.1) is 5.39 Å². The van der Waals surface area contributed by atoms with Gasteiger partial charge in [-0.25, -0.2) is 14.8 Å². The van der Waals surface area contributed by atoms with Gasteiger partial charge in [0.2, 0.25) is 0 Å². The highest BCUT2D eigenvalue weighted by Crippen LogP contribution is 2.34. The highest BCUT2D eigenvalue weighted by atomic mass is 16.4. The number of fused-ring (bicyclic) bond motifs is 1. The fourth-order valence-electron chi connectivity index (χ4n) is 2.61. The number of amides is 1. The van der Waals surface area contributed by atoms with Crippen molar-refractivity contribution in [2.75, 3.05) is 11.1 Å². The molecule has 0 fully saturated rings. The Balaban J connectivity index is 2.18. The van der Waals surface area contributed by atoms with Crippen molar-refractivity contribution in [3.63, 3.8) is 0 Å². The van der Waals surface area contributed by atoms with Crippen molar-refractivity contribution in [1.29, 1.82) is 0 Å². The second-order valence-electron chi connectivity index (χ2n) is 5.07. The van der Waals surface area contributed by atoms with Crippen molar-refractivity contribution in [3.8, 4) is 11.1 Å². The summed E-state index contributed by atoms with van der Waals surface area (Å²) in [5.41, 5.74) is 10.1. The van der Waals surface area contributed by atoms with Crippen LogP contribution in [0, 0.1) is 6.92 Å². The van der Waals surface area contributed by atoms with Crippen LogP contribution in [0.2, 0.25) is 0 Å². The Morgan fingerprint density at radius 2 is 2.09 bits per heavy atom. The van der Waals surface area contributed by atoms with E-state index in [-0.39, 0.29) is 0 Å². The number of aryl methyl sites for hydroxylation is 2. The maximum atomic E-state index is 10.7. The van der Waals surface area contributed by atoms with Gasteiger partial charge >= 0.3 is 6.09 Å². The molecule has 0 radical (unpaired) electrons. The second kappa shape index (κ2) is 5.03. The molecule has 0 unspecified atom stereocenters. The summed E-state index contributed by atoms with van der Waals surface area (Å²) in [5.74, 6) is 0.424. The van der Waals surface area contributed by atoms with Crippen molar-refractivity contribution in [2.45, 2.75) is 6.92 Å². The number of rotatable bonds is 2. The number of aromatic nitrogens is 3. The summed E-state index contributed by atoms with van der Waals surface area (Å²) >= 11 is 0. The van der Waals surface area contributed by atoms with E-state index in [2.05, 4.69) is 15.3 Å². The first-order valence-electron chi connectivity index (χ1n) is 6.64. The van der Waals surface area contributed by atoms with Crippen LogP contribution in [0.4, 0.5) is 16.3 Å². The zero-order valence-corrected chi connectivity index (χ0v) is 12.2. The molecule has 4 N–H and O–H groups in total. The van der Waals surface area contributed by atoms with Gasteiger partial charge in [-0.15, -0.1) is 0 Å². The SMILES string of the molecule is Cc1cc(NC(=O)O)ccc1-c1cn(C)c2ncnc(N)c12. The lowest BCUT2D eigenvalue weighted by Gasteiger charge is -2.08. The zero-order valence-electron chi connectivity index (χ0n) is 12.2. The van der Waals surface area contributed by atoms with Gasteiger partial charge in [-0.05, 0) is 30.2 Å². The molecule has 0 aliphatic heterocycles. The van der Waals surface area contributed by atoms with Gasteiger partial charge in [0.25, 0.3) is 0 Å². The maximum absolute atomic E-state index is 10.7. The molecule has 22 heavy (non-hydrogen) atoms. The molecule has 2 aromatic heterocycles. The maximum Gasteiger partial charge on any atom is 0.409 e. The number of nitrogens with one attached hydrogen (secondary N) is 1. The van der Waals surface area contributed by atoms with E-state index in [4.69, 9.17) is 10.8 Å². The number of benzene rings is 1. The fraction of sp³-hybridized carbons (Fsp3) is 0.133. The van der Waals surface area contributed by atoms with E-state index in [1.807, 2.05) is 30.8 Å². The molecule has 0 aliphatic carbocycles. The standard InChI is InChI=1S/C15H15N5O2/c1-8-5-9(19-15(21)22)3-4-10(8)11-6-20(2)14-12(11)13(16)17-7-18-14/h3-7,19H,1-2H3,(H,21,22)(H2,16,17,18). The molecule has 0 bridgehead atoms. The molecular weight excluding hydrogens is 282 g/mol. The summed E-state index contributed by atoms with van der Waals surface area (Å²) in [6.45, 7) is 1.92. The molecule has 7 heteroatoms. The molecule has 3 rings (SSSR count). The Morgan fingerprint density at radius 1 is 1.32 bits per heavy atom. The van der Waals surface area contributed by atoms with Gasteiger partial charge in [-0.3, -0.25) is 5.32 Å². The minimum absolute atomic E-state index is 0.424. The van der Waals surface area contributed by atoms with Crippen molar-refractivity contribution < 1.29 is 9.90 Å². The third kappa shape index (κ3) is 2.22. The fourth-order valence-corrected chi connectivity index (χ4v) is 2.61. The van der Waals surface area contributed by atoms with E-state index in [0.717, 1.165) is 27.7 Å². The Kier molecular flexibility index (Phi) is 3.17. The summed E-state index contributed by atoms with van der Waals surface area (Å²) in [6, 6.07) is 5.36. The van der Waals surface area contributed by atoms with Gasteiger partial charge in [0.15, 0.2) is 0 Å². The van der Waals surface area contributed by atoms with Crippen LogP contribution >= 0.6 is 0 Å². The first kappa shape index (κ1) is 13.9. The average Bonchev–Trinajstić information content (AvgIpc) is 2.77. The van der Waals surface area contributed by atoms with Crippen LogP contribution in [0.1, 0.15) is 5.56 Å². The van der Waals surface area contributed by atoms with Crippen LogP contribution in [0.25, 0.3) is 22.2 Å². The van der Waals surface area contributed by atoms with Crippen LogP contribution in [0.3, 0.4) is 0 Å². The van der Waals surface area contributed by atoms with E-state index in [9.17, 15) is 4.79 Å². The van der Waals surface area contributed by atoms with Gasteiger partial charge in [-0.2, -0.15) is 0 Å². The van der Waals surface area contributed by atoms with Crippen molar-refractivity contribution >= 4 is 28.6 Å². The third-order valence-electron chi connectivity index (χ3n) is 3.55. The Morgan fingerprint density at radius 3 is 2.77 bits per heavy atom. The minimum Gasteiger partial charge on any atom is -0.465 e. The predicted octanol–water partition coefficient (Wildman–Crippen LogP) is 2.62. The number of carboxylic acid groups (broad SMARTS) is 1. The van der Waals surface area contributed by atoms with E-state index in [1.54, 1.807) is 12.1 Å². The second-order valence-corrected chi connectivity index (χ2v) is 5.07. The van der Waals surface area contributed by atoms with Gasteiger partial charge < -0.3 is 15.4 Å². The summed E-state index contributed by atoms with van der Waals surface area (Å²) < 4.78 is 1.89. The van der Waals surface area contributed by atoms with Crippen molar-refractivity contribution in [1.82, 2.24) is 14.5 Å². The first-order chi connectivity index (χ1) is 10.5. The molecule has 0 spiro atoms. The van der Waals surface area contributed by atoms with Gasteiger partial charge in [0, 0.05) is 24.5 Å². The number of nitrogens with zero attached hydrogens (tertiary/aromatic N) is 3. The number of carbonyl (C=O) groups is 1. The van der Waals surface area contributed by atoms with E-state index < -0.39 is 6.09 Å². The van der Waals surface area contributed by atoms with Crippen molar-refractivity contribution in [2.24, 2.45) is 7.05 Å². The van der Waals surface area contributed by atoms with Crippen molar-refractivity contribution in [3.05, 3.63) is 36.3 Å². The molecule has 112 valence electrons. The monoisotopic (exact) mass is 297 g/mol. The Hall–Kier alpha value is -3.09. The largest absolute Gasteiger partial charge is 0.465 e. The smallest absolute Gasteiger partial charge is 0.409 e. The molecule has 3 aromatic rings. The number of nitrogens with two attached hydrogens (primary N) is 1. The normalized spacial score (nSPS) is 10.8. The molecule has 0 saturated carbocycles. The minimum atomic E-state index is -1.09. The van der Waals surface area contributed by atoms with E-state index >= 15 is 0 Å². The Bertz CT molecular complexity index is 885. The van der Waals surface area contributed by atoms with Gasteiger partial charge in [0.1, 0.15) is 17.8 Å². The quantitative estimate of drug-likeness (QED) is 0.674. The lowest BCUT2D eigenvalue weighted by atomic mass is 10.0. The number of anilines is 2. The van der Waals surface area contributed by atoms with E-state index in [0.29, 0.717) is 11.5 Å². The molecule has 0 atom stereocenters. The van der Waals surface area contributed by atoms with Gasteiger partial charge in [-0.1, -0.05) is 6.07 Å². The topological polar surface area (TPSA) is 106 Å². The number of hydrogen-bond donors (Lipinski definition) is 3. The average molecular weight is 297 g/mol. The lowest BCUT2D eigenvalue weighted by Crippen LogP contribution is -2.07. The summed E-state index contributed by atoms with van der Waals surface area (Å²) in [4.78, 5) is 19.0. The number of hydrogen-bond acceptors (Lipinski definition) is 4. The molecule has 0 saturated heterocycles. The summed E-state index contributed by atoms with van der Waals surface area (Å²) in [7, 11) is 1.90. The van der Waals surface area contributed by atoms with Crippen LogP contribution in [-0.4, -0.2) is 25.7 Å². The van der Waals surface area contributed by atoms with Crippen LogP contribution < -0.4 is 11.1 Å². The molecule has 1 aromatic carbocycles. The third-order valence-corrected chi connectivity index (χ3v) is 3.55. The Labute approximate surface area is 126 Å². The summed E-state index contributed by atoms with van der Waals surface area (Å²) in [5, 5.41) is 11.9. The van der Waals surface area contributed by atoms with E-state index in [1.165, 1.54) is 6.33 Å². The lowest BCUT2D eigenvalue weighted by molar-refractivity contribution is 0.210.